The van der Waals surface area contributed by atoms with Crippen molar-refractivity contribution in [1.82, 2.24) is 0 Å². The Morgan fingerprint density at radius 1 is 1.44 bits per heavy atom. The van der Waals surface area contributed by atoms with E-state index in [0.29, 0.717) is 0 Å². The molecule has 0 aromatic carbocycles. The van der Waals surface area contributed by atoms with Gasteiger partial charge in [0.1, 0.15) is 12.7 Å². The molecule has 0 spiro atoms. The van der Waals surface area contributed by atoms with E-state index >= 15 is 0 Å². The van der Waals surface area contributed by atoms with Crippen LogP contribution in [0.5, 0.6) is 0 Å². The predicted molar refractivity (Wildman–Crippen MR) is 66.2 cm³/mol. The quantitative estimate of drug-likeness (QED) is 0.301. The minimum absolute atomic E-state index is 0.00986. The fraction of sp³-hybridized carbons (Fsp3) is 0.900. The van der Waals surface area contributed by atoms with Crippen LogP contribution in [0.15, 0.2) is 5.34 Å². The number of thiol groups is 1. The van der Waals surface area contributed by atoms with Crippen LogP contribution in [0.25, 0.3) is 0 Å². The molecule has 6 heteroatoms. The number of nitrogens with zero attached hydrogens (tertiary/aromatic N) is 1. The SMILES string of the molecule is CCCCCCC(C)ON=O.O=C(S)CO. The van der Waals surface area contributed by atoms with Gasteiger partial charge in [0.2, 0.25) is 5.12 Å². The van der Waals surface area contributed by atoms with Gasteiger partial charge in [-0.1, -0.05) is 26.2 Å². The number of unbranched alkanes of at least 4 members (excludes halogenated alkanes) is 3. The zero-order valence-corrected chi connectivity index (χ0v) is 10.8. The van der Waals surface area contributed by atoms with Crippen LogP contribution in [-0.4, -0.2) is 22.9 Å². The lowest BCUT2D eigenvalue weighted by atomic mass is 10.1. The molecule has 1 atom stereocenters. The van der Waals surface area contributed by atoms with Crippen LogP contribution in [0, 0.1) is 4.91 Å². The van der Waals surface area contributed by atoms with Crippen LogP contribution in [0.3, 0.4) is 0 Å². The second-order valence-electron chi connectivity index (χ2n) is 3.39. The van der Waals surface area contributed by atoms with Crippen LogP contribution in [0.4, 0.5) is 0 Å². The van der Waals surface area contributed by atoms with E-state index in [1.807, 2.05) is 6.92 Å². The third kappa shape index (κ3) is 19.0. The predicted octanol–water partition coefficient (Wildman–Crippen LogP) is 2.48. The molecule has 0 fully saturated rings. The van der Waals surface area contributed by atoms with Crippen LogP contribution in [0.2, 0.25) is 0 Å². The summed E-state index contributed by atoms with van der Waals surface area (Å²) in [4.78, 5) is 23.6. The van der Waals surface area contributed by atoms with Crippen molar-refractivity contribution >= 4 is 17.7 Å². The third-order valence-corrected chi connectivity index (χ3v) is 1.96. The van der Waals surface area contributed by atoms with Gasteiger partial charge in [-0.25, -0.2) is 0 Å². The molecule has 0 rings (SSSR count). The summed E-state index contributed by atoms with van der Waals surface area (Å²) < 4.78 is 0. The molecule has 0 radical (unpaired) electrons. The molecule has 0 saturated heterocycles. The Balaban J connectivity index is 0. The molecule has 0 bridgehead atoms. The summed E-state index contributed by atoms with van der Waals surface area (Å²) in [7, 11) is 0. The minimum atomic E-state index is -0.495. The van der Waals surface area contributed by atoms with Gasteiger partial charge >= 0.3 is 0 Å². The van der Waals surface area contributed by atoms with Crippen LogP contribution < -0.4 is 0 Å². The number of carbonyl (C=O) groups is 1. The maximum Gasteiger partial charge on any atom is 0.211 e. The van der Waals surface area contributed by atoms with Gasteiger partial charge in [0.25, 0.3) is 0 Å². The molecule has 16 heavy (non-hydrogen) atoms. The van der Waals surface area contributed by atoms with Crippen molar-refractivity contribution in [3.8, 4) is 0 Å². The minimum Gasteiger partial charge on any atom is -0.388 e. The Hall–Kier alpha value is -0.620. The first-order chi connectivity index (χ1) is 7.58. The van der Waals surface area contributed by atoms with Crippen LogP contribution in [-0.2, 0) is 9.63 Å². The summed E-state index contributed by atoms with van der Waals surface area (Å²) in [6.07, 6.45) is 5.78. The maximum absolute atomic E-state index is 9.63. The fourth-order valence-electron chi connectivity index (χ4n) is 0.985. The lowest BCUT2D eigenvalue weighted by Crippen LogP contribution is -2.02. The van der Waals surface area contributed by atoms with E-state index in [-0.39, 0.29) is 6.10 Å². The zero-order chi connectivity index (χ0) is 12.8. The average Bonchev–Trinajstić information content (AvgIpc) is 2.26. The van der Waals surface area contributed by atoms with Gasteiger partial charge in [0, 0.05) is 0 Å². The van der Waals surface area contributed by atoms with E-state index in [9.17, 15) is 9.70 Å². The van der Waals surface area contributed by atoms with Crippen molar-refractivity contribution in [2.45, 2.75) is 52.1 Å². The van der Waals surface area contributed by atoms with Crippen LogP contribution >= 0.6 is 12.6 Å². The summed E-state index contributed by atoms with van der Waals surface area (Å²) in [6.45, 7) is 3.57. The van der Waals surface area contributed by atoms with Gasteiger partial charge in [0.15, 0.2) is 5.34 Å². The Kier molecular flexibility index (Phi) is 16.0. The summed E-state index contributed by atoms with van der Waals surface area (Å²) in [5.41, 5.74) is 0. The van der Waals surface area contributed by atoms with Gasteiger partial charge in [-0.3, -0.25) is 4.79 Å². The van der Waals surface area contributed by atoms with E-state index in [4.69, 9.17) is 5.11 Å². The normalized spacial score (nSPS) is 11.0. The standard InChI is InChI=1S/C8H17NO2.C2H4O2S/c1-3-4-5-6-7-8(2)11-9-10;3-1-2(4)5/h8H,3-7H2,1-2H3;3H,1H2,(H,4,5). The number of hydrogen-bond acceptors (Lipinski definition) is 5. The van der Waals surface area contributed by atoms with Crippen molar-refractivity contribution in [2.75, 3.05) is 6.61 Å². The first kappa shape index (κ1) is 17.8. The van der Waals surface area contributed by atoms with E-state index in [2.05, 4.69) is 29.7 Å². The maximum atomic E-state index is 9.63. The lowest BCUT2D eigenvalue weighted by molar-refractivity contribution is -0.113. The fourth-order valence-corrected chi connectivity index (χ4v) is 0.985. The number of aliphatic hydroxyl groups is 1. The molecule has 0 heterocycles. The van der Waals surface area contributed by atoms with E-state index in [1.165, 1.54) is 19.3 Å². The smallest absolute Gasteiger partial charge is 0.211 e. The van der Waals surface area contributed by atoms with Gasteiger partial charge in [-0.15, -0.1) is 17.5 Å². The highest BCUT2D eigenvalue weighted by Crippen LogP contribution is 2.07. The van der Waals surface area contributed by atoms with Gasteiger partial charge in [0.05, 0.1) is 0 Å². The molecular weight excluding hydrogens is 230 g/mol. The number of rotatable bonds is 8. The zero-order valence-electron chi connectivity index (χ0n) is 9.89. The lowest BCUT2D eigenvalue weighted by Gasteiger charge is -2.05. The van der Waals surface area contributed by atoms with E-state index < -0.39 is 11.7 Å². The molecule has 96 valence electrons. The molecule has 0 aromatic rings. The first-order valence-corrected chi connectivity index (χ1v) is 5.84. The molecule has 1 N–H and O–H groups in total. The molecule has 0 aliphatic rings. The number of aliphatic hydroxyl groups excluding tert-OH is 1. The van der Waals surface area contributed by atoms with E-state index in [1.54, 1.807) is 0 Å². The largest absolute Gasteiger partial charge is 0.388 e. The Morgan fingerprint density at radius 2 is 2.00 bits per heavy atom. The molecular formula is C10H21NO4S. The topological polar surface area (TPSA) is 76.0 Å². The molecule has 0 amide bonds. The van der Waals surface area contributed by atoms with Gasteiger partial charge in [-0.05, 0) is 19.8 Å². The average molecular weight is 251 g/mol. The Labute approximate surface area is 102 Å². The number of hydrogen-bond donors (Lipinski definition) is 2. The number of carbonyl (C=O) groups excluding carboxylic acids is 1. The second-order valence-corrected chi connectivity index (χ2v) is 3.89. The molecule has 1 unspecified atom stereocenters. The molecule has 5 nitrogen and oxygen atoms in total. The summed E-state index contributed by atoms with van der Waals surface area (Å²) in [6, 6.07) is 0. The van der Waals surface area contributed by atoms with Gasteiger partial charge in [-0.2, -0.15) is 0 Å². The first-order valence-electron chi connectivity index (χ1n) is 5.39. The highest BCUT2D eigenvalue weighted by molar-refractivity contribution is 7.96. The van der Waals surface area contributed by atoms with Crippen LogP contribution in [0.1, 0.15) is 46.0 Å². The van der Waals surface area contributed by atoms with Crippen molar-refractivity contribution in [1.29, 1.82) is 0 Å². The van der Waals surface area contributed by atoms with E-state index in [0.717, 1.165) is 12.8 Å². The molecule has 0 saturated carbocycles. The van der Waals surface area contributed by atoms with Crippen molar-refractivity contribution < 1.29 is 14.7 Å². The van der Waals surface area contributed by atoms with Crippen molar-refractivity contribution in [3.63, 3.8) is 0 Å². The molecule has 0 aliphatic carbocycles. The van der Waals surface area contributed by atoms with Gasteiger partial charge < -0.3 is 9.94 Å². The Bertz CT molecular complexity index is 178. The summed E-state index contributed by atoms with van der Waals surface area (Å²) in [5, 5.41) is 9.61. The van der Waals surface area contributed by atoms with Crippen molar-refractivity contribution in [2.24, 2.45) is 5.34 Å². The molecule has 0 aliphatic heterocycles. The summed E-state index contributed by atoms with van der Waals surface area (Å²) in [5.74, 6) is 0. The third-order valence-electron chi connectivity index (χ3n) is 1.82. The monoisotopic (exact) mass is 251 g/mol. The second kappa shape index (κ2) is 14.4. The van der Waals surface area contributed by atoms with Crippen molar-refractivity contribution in [3.05, 3.63) is 4.91 Å². The summed E-state index contributed by atoms with van der Waals surface area (Å²) >= 11 is 3.21. The highest BCUT2D eigenvalue weighted by Gasteiger charge is 2.00. The Morgan fingerprint density at radius 3 is 2.38 bits per heavy atom. The highest BCUT2D eigenvalue weighted by atomic mass is 32.1. The molecule has 0 aromatic heterocycles.